The van der Waals surface area contributed by atoms with Crippen LogP contribution in [0.3, 0.4) is 0 Å². The third kappa shape index (κ3) is 2.15. The van der Waals surface area contributed by atoms with Crippen LogP contribution < -0.4 is 5.73 Å². The molecule has 1 aromatic carbocycles. The summed E-state index contributed by atoms with van der Waals surface area (Å²) < 4.78 is 19.1. The monoisotopic (exact) mass is 284 g/mol. The predicted octanol–water partition coefficient (Wildman–Crippen LogP) is 2.74. The van der Waals surface area contributed by atoms with E-state index in [1.807, 2.05) is 0 Å². The molecule has 1 aromatic heterocycles. The van der Waals surface area contributed by atoms with Gasteiger partial charge in [-0.2, -0.15) is 0 Å². The molecular formula is C11H10BrFN2O. The van der Waals surface area contributed by atoms with E-state index in [0.717, 1.165) is 0 Å². The Morgan fingerprint density at radius 2 is 2.25 bits per heavy atom. The molecule has 0 saturated carbocycles. The number of nitrogens with zero attached hydrogens (tertiary/aromatic N) is 1. The molecule has 2 aromatic rings. The summed E-state index contributed by atoms with van der Waals surface area (Å²) in [6.07, 6.45) is 2.15. The third-order valence-electron chi connectivity index (χ3n) is 2.13. The minimum absolute atomic E-state index is 0.325. The van der Waals surface area contributed by atoms with Crippen LogP contribution in [0, 0.1) is 5.82 Å². The second kappa shape index (κ2) is 4.76. The molecule has 0 spiro atoms. The van der Waals surface area contributed by atoms with Crippen molar-refractivity contribution >= 4 is 15.9 Å². The second-order valence-electron chi connectivity index (χ2n) is 3.26. The highest BCUT2D eigenvalue weighted by Gasteiger charge is 2.11. The molecule has 0 fully saturated rings. The van der Waals surface area contributed by atoms with E-state index in [0.29, 0.717) is 34.7 Å². The Bertz CT molecular complexity index is 498. The van der Waals surface area contributed by atoms with Crippen molar-refractivity contribution < 1.29 is 8.81 Å². The summed E-state index contributed by atoms with van der Waals surface area (Å²) >= 11 is 3.18. The van der Waals surface area contributed by atoms with Crippen molar-refractivity contribution in [1.29, 1.82) is 0 Å². The van der Waals surface area contributed by atoms with E-state index in [-0.39, 0.29) is 5.82 Å². The summed E-state index contributed by atoms with van der Waals surface area (Å²) in [5.74, 6) is 0.776. The van der Waals surface area contributed by atoms with E-state index in [1.165, 1.54) is 6.07 Å². The molecule has 16 heavy (non-hydrogen) atoms. The van der Waals surface area contributed by atoms with E-state index in [9.17, 15) is 4.39 Å². The van der Waals surface area contributed by atoms with E-state index in [1.54, 1.807) is 18.3 Å². The Morgan fingerprint density at radius 1 is 1.44 bits per heavy atom. The summed E-state index contributed by atoms with van der Waals surface area (Å²) in [7, 11) is 0. The van der Waals surface area contributed by atoms with Crippen molar-refractivity contribution in [3.05, 3.63) is 40.6 Å². The van der Waals surface area contributed by atoms with Crippen LogP contribution in [-0.4, -0.2) is 11.5 Å². The summed E-state index contributed by atoms with van der Waals surface area (Å²) in [6.45, 7) is 0.476. The smallest absolute Gasteiger partial charge is 0.196 e. The normalized spacial score (nSPS) is 10.7. The van der Waals surface area contributed by atoms with Gasteiger partial charge in [0.1, 0.15) is 5.82 Å². The van der Waals surface area contributed by atoms with Gasteiger partial charge in [-0.15, -0.1) is 0 Å². The van der Waals surface area contributed by atoms with Crippen LogP contribution in [-0.2, 0) is 6.42 Å². The highest BCUT2D eigenvalue weighted by molar-refractivity contribution is 9.10. The first kappa shape index (κ1) is 11.3. The van der Waals surface area contributed by atoms with E-state index >= 15 is 0 Å². The predicted molar refractivity (Wildman–Crippen MR) is 62.4 cm³/mol. The maximum Gasteiger partial charge on any atom is 0.196 e. The van der Waals surface area contributed by atoms with Gasteiger partial charge in [0.25, 0.3) is 0 Å². The van der Waals surface area contributed by atoms with Crippen LogP contribution in [0.15, 0.2) is 33.3 Å². The van der Waals surface area contributed by atoms with Crippen molar-refractivity contribution in [1.82, 2.24) is 4.98 Å². The van der Waals surface area contributed by atoms with Gasteiger partial charge in [-0.25, -0.2) is 9.37 Å². The molecule has 0 aliphatic rings. The van der Waals surface area contributed by atoms with Gasteiger partial charge in [0.15, 0.2) is 11.7 Å². The average Bonchev–Trinajstić information content (AvgIpc) is 2.71. The number of nitrogens with two attached hydrogens (primary N) is 1. The summed E-state index contributed by atoms with van der Waals surface area (Å²) in [5, 5.41) is 0. The number of hydrogen-bond donors (Lipinski definition) is 1. The topological polar surface area (TPSA) is 52.0 Å². The molecule has 1 heterocycles. The molecule has 84 valence electrons. The lowest BCUT2D eigenvalue weighted by molar-refractivity contribution is 0.507. The molecule has 0 aliphatic carbocycles. The molecule has 0 atom stereocenters. The van der Waals surface area contributed by atoms with Gasteiger partial charge in [0, 0.05) is 18.5 Å². The SMILES string of the molecule is NCCc1ncc(-c2cccc(F)c2Br)o1. The van der Waals surface area contributed by atoms with Gasteiger partial charge in [-0.05, 0) is 28.1 Å². The van der Waals surface area contributed by atoms with Crippen molar-refractivity contribution in [2.75, 3.05) is 6.54 Å². The van der Waals surface area contributed by atoms with Crippen molar-refractivity contribution in [3.63, 3.8) is 0 Å². The Labute approximate surface area is 101 Å². The van der Waals surface area contributed by atoms with Crippen LogP contribution in [0.1, 0.15) is 5.89 Å². The average molecular weight is 285 g/mol. The first-order chi connectivity index (χ1) is 7.72. The number of halogens is 2. The van der Waals surface area contributed by atoms with Crippen molar-refractivity contribution in [2.24, 2.45) is 5.73 Å². The van der Waals surface area contributed by atoms with Crippen LogP contribution in [0.25, 0.3) is 11.3 Å². The summed E-state index contributed by atoms with van der Waals surface area (Å²) in [5.41, 5.74) is 6.04. The van der Waals surface area contributed by atoms with Gasteiger partial charge in [0.05, 0.1) is 10.7 Å². The first-order valence-corrected chi connectivity index (χ1v) is 5.61. The highest BCUT2D eigenvalue weighted by Crippen LogP contribution is 2.30. The Balaban J connectivity index is 2.39. The molecule has 0 amide bonds. The van der Waals surface area contributed by atoms with Crippen LogP contribution in [0.4, 0.5) is 4.39 Å². The van der Waals surface area contributed by atoms with E-state index < -0.39 is 0 Å². The zero-order valence-corrected chi connectivity index (χ0v) is 10.00. The Kier molecular flexibility index (Phi) is 3.36. The van der Waals surface area contributed by atoms with E-state index in [4.69, 9.17) is 10.2 Å². The van der Waals surface area contributed by atoms with Gasteiger partial charge in [-0.1, -0.05) is 6.07 Å². The standard InChI is InChI=1S/C11H10BrFN2O/c12-11-7(2-1-3-8(11)13)9-6-15-10(16-9)4-5-14/h1-3,6H,4-5,14H2. The zero-order valence-electron chi connectivity index (χ0n) is 8.41. The van der Waals surface area contributed by atoms with Gasteiger partial charge in [-0.3, -0.25) is 0 Å². The molecule has 0 radical (unpaired) electrons. The summed E-state index contributed by atoms with van der Waals surface area (Å²) in [6, 6.07) is 4.77. The lowest BCUT2D eigenvalue weighted by atomic mass is 10.2. The minimum Gasteiger partial charge on any atom is -0.441 e. The molecule has 3 nitrogen and oxygen atoms in total. The third-order valence-corrected chi connectivity index (χ3v) is 2.93. The van der Waals surface area contributed by atoms with Crippen molar-refractivity contribution in [2.45, 2.75) is 6.42 Å². The fourth-order valence-corrected chi connectivity index (χ4v) is 1.83. The molecular weight excluding hydrogens is 275 g/mol. The molecule has 2 rings (SSSR count). The quantitative estimate of drug-likeness (QED) is 0.943. The number of rotatable bonds is 3. The van der Waals surface area contributed by atoms with Crippen molar-refractivity contribution in [3.8, 4) is 11.3 Å². The molecule has 0 unspecified atom stereocenters. The lowest BCUT2D eigenvalue weighted by Crippen LogP contribution is -2.02. The summed E-state index contributed by atoms with van der Waals surface area (Å²) in [4.78, 5) is 4.06. The maximum atomic E-state index is 13.3. The molecule has 0 bridgehead atoms. The largest absolute Gasteiger partial charge is 0.441 e. The van der Waals surface area contributed by atoms with Crippen LogP contribution >= 0.6 is 15.9 Å². The van der Waals surface area contributed by atoms with Crippen LogP contribution in [0.5, 0.6) is 0 Å². The highest BCUT2D eigenvalue weighted by atomic mass is 79.9. The Hall–Kier alpha value is -1.20. The van der Waals surface area contributed by atoms with Gasteiger partial charge in [0.2, 0.25) is 0 Å². The van der Waals surface area contributed by atoms with E-state index in [2.05, 4.69) is 20.9 Å². The minimum atomic E-state index is -0.325. The number of aromatic nitrogens is 1. The maximum absolute atomic E-state index is 13.3. The molecule has 0 aliphatic heterocycles. The Morgan fingerprint density at radius 3 is 3.00 bits per heavy atom. The van der Waals surface area contributed by atoms with Gasteiger partial charge >= 0.3 is 0 Å². The lowest BCUT2D eigenvalue weighted by Gasteiger charge is -2.00. The fourth-order valence-electron chi connectivity index (χ4n) is 1.37. The fraction of sp³-hybridized carbons (Fsp3) is 0.182. The molecule has 5 heteroatoms. The number of hydrogen-bond acceptors (Lipinski definition) is 3. The molecule has 0 saturated heterocycles. The van der Waals surface area contributed by atoms with Crippen LogP contribution in [0.2, 0.25) is 0 Å². The zero-order chi connectivity index (χ0) is 11.5. The molecule has 2 N–H and O–H groups in total. The number of benzene rings is 1. The van der Waals surface area contributed by atoms with Gasteiger partial charge < -0.3 is 10.2 Å². The second-order valence-corrected chi connectivity index (χ2v) is 4.05. The first-order valence-electron chi connectivity index (χ1n) is 4.81. The number of oxazole rings is 1.